The third kappa shape index (κ3) is 2.32. The Hall–Kier alpha value is -1.45. The van der Waals surface area contributed by atoms with Gasteiger partial charge in [-0.05, 0) is 31.4 Å². The Morgan fingerprint density at radius 2 is 2.00 bits per heavy atom. The highest BCUT2D eigenvalue weighted by Crippen LogP contribution is 2.11. The van der Waals surface area contributed by atoms with Crippen molar-refractivity contribution in [1.29, 1.82) is 0 Å². The van der Waals surface area contributed by atoms with Gasteiger partial charge >= 0.3 is 0 Å². The molecule has 0 spiro atoms. The molecule has 1 aliphatic heterocycles. The SMILES string of the molecule is O=C(c1cccc(F)n1)N1CCCCC1. The molecule has 1 aromatic heterocycles. The van der Waals surface area contributed by atoms with Crippen LogP contribution in [0.1, 0.15) is 29.8 Å². The van der Waals surface area contributed by atoms with Crippen LogP contribution in [0.5, 0.6) is 0 Å². The Labute approximate surface area is 87.9 Å². The van der Waals surface area contributed by atoms with E-state index in [1.807, 2.05) is 0 Å². The van der Waals surface area contributed by atoms with E-state index < -0.39 is 5.95 Å². The van der Waals surface area contributed by atoms with E-state index in [4.69, 9.17) is 0 Å². The van der Waals surface area contributed by atoms with Gasteiger partial charge in [0.15, 0.2) is 0 Å². The average molecular weight is 208 g/mol. The van der Waals surface area contributed by atoms with Crippen LogP contribution < -0.4 is 0 Å². The molecular weight excluding hydrogens is 195 g/mol. The van der Waals surface area contributed by atoms with Gasteiger partial charge < -0.3 is 4.90 Å². The van der Waals surface area contributed by atoms with E-state index in [1.54, 1.807) is 11.0 Å². The third-order valence-corrected chi connectivity index (χ3v) is 2.58. The van der Waals surface area contributed by atoms with Gasteiger partial charge in [0.25, 0.3) is 5.91 Å². The third-order valence-electron chi connectivity index (χ3n) is 2.58. The van der Waals surface area contributed by atoms with Crippen LogP contribution in [0.2, 0.25) is 0 Å². The summed E-state index contributed by atoms with van der Waals surface area (Å²) >= 11 is 0. The molecule has 0 aliphatic carbocycles. The number of amides is 1. The van der Waals surface area contributed by atoms with Crippen molar-refractivity contribution in [2.45, 2.75) is 19.3 Å². The topological polar surface area (TPSA) is 33.2 Å². The molecule has 3 nitrogen and oxygen atoms in total. The predicted molar refractivity (Wildman–Crippen MR) is 53.9 cm³/mol. The number of likely N-dealkylation sites (tertiary alicyclic amines) is 1. The maximum absolute atomic E-state index is 12.8. The van der Waals surface area contributed by atoms with E-state index in [1.165, 1.54) is 18.6 Å². The molecule has 1 fully saturated rings. The Morgan fingerprint density at radius 3 is 2.67 bits per heavy atom. The number of carbonyl (C=O) groups is 1. The van der Waals surface area contributed by atoms with Crippen molar-refractivity contribution in [3.8, 4) is 0 Å². The monoisotopic (exact) mass is 208 g/mol. The second-order valence-electron chi connectivity index (χ2n) is 3.70. The Kier molecular flexibility index (Phi) is 2.94. The number of aromatic nitrogens is 1. The van der Waals surface area contributed by atoms with E-state index in [-0.39, 0.29) is 11.6 Å². The summed E-state index contributed by atoms with van der Waals surface area (Å²) in [7, 11) is 0. The first-order valence-corrected chi connectivity index (χ1v) is 5.19. The zero-order chi connectivity index (χ0) is 10.7. The van der Waals surface area contributed by atoms with E-state index in [2.05, 4.69) is 4.98 Å². The zero-order valence-corrected chi connectivity index (χ0v) is 8.45. The van der Waals surface area contributed by atoms with Crippen molar-refractivity contribution in [2.24, 2.45) is 0 Å². The van der Waals surface area contributed by atoms with Gasteiger partial charge in [-0.1, -0.05) is 6.07 Å². The number of nitrogens with zero attached hydrogens (tertiary/aromatic N) is 2. The number of rotatable bonds is 1. The molecule has 1 aliphatic rings. The molecule has 1 saturated heterocycles. The molecule has 0 unspecified atom stereocenters. The smallest absolute Gasteiger partial charge is 0.272 e. The highest BCUT2D eigenvalue weighted by Gasteiger charge is 2.19. The van der Waals surface area contributed by atoms with Gasteiger partial charge in [0.1, 0.15) is 5.69 Å². The van der Waals surface area contributed by atoms with Crippen molar-refractivity contribution in [1.82, 2.24) is 9.88 Å². The standard InChI is InChI=1S/C11H13FN2O/c12-10-6-4-5-9(13-10)11(15)14-7-2-1-3-8-14/h4-6H,1-3,7-8H2. The molecule has 0 saturated carbocycles. The minimum atomic E-state index is -0.599. The zero-order valence-electron chi connectivity index (χ0n) is 8.45. The normalized spacial score (nSPS) is 16.5. The lowest BCUT2D eigenvalue weighted by Gasteiger charge is -2.26. The molecular formula is C11H13FN2O. The van der Waals surface area contributed by atoms with Crippen LogP contribution in [-0.4, -0.2) is 28.9 Å². The van der Waals surface area contributed by atoms with Crippen LogP contribution in [0.15, 0.2) is 18.2 Å². The van der Waals surface area contributed by atoms with Gasteiger partial charge in [-0.3, -0.25) is 4.79 Å². The number of piperidine rings is 1. The molecule has 1 amide bonds. The number of halogens is 1. The molecule has 0 N–H and O–H groups in total. The molecule has 0 bridgehead atoms. The van der Waals surface area contributed by atoms with Crippen LogP contribution in [0.4, 0.5) is 4.39 Å². The fourth-order valence-electron chi connectivity index (χ4n) is 1.79. The molecule has 2 heterocycles. The first kappa shape index (κ1) is 10.1. The Morgan fingerprint density at radius 1 is 1.27 bits per heavy atom. The molecule has 4 heteroatoms. The van der Waals surface area contributed by atoms with Crippen molar-refractivity contribution in [2.75, 3.05) is 13.1 Å². The lowest BCUT2D eigenvalue weighted by molar-refractivity contribution is 0.0717. The molecule has 80 valence electrons. The van der Waals surface area contributed by atoms with Gasteiger partial charge in [0.2, 0.25) is 5.95 Å². The second-order valence-corrected chi connectivity index (χ2v) is 3.70. The minimum Gasteiger partial charge on any atom is -0.337 e. The van der Waals surface area contributed by atoms with E-state index in [0.29, 0.717) is 0 Å². The molecule has 15 heavy (non-hydrogen) atoms. The summed E-state index contributed by atoms with van der Waals surface area (Å²) in [5.74, 6) is -0.757. The molecule has 1 aromatic rings. The predicted octanol–water partition coefficient (Wildman–Crippen LogP) is 1.85. The van der Waals surface area contributed by atoms with Gasteiger partial charge in [-0.2, -0.15) is 4.39 Å². The molecule has 0 aromatic carbocycles. The van der Waals surface area contributed by atoms with Crippen LogP contribution in [0, 0.1) is 5.95 Å². The van der Waals surface area contributed by atoms with Crippen molar-refractivity contribution in [3.63, 3.8) is 0 Å². The van der Waals surface area contributed by atoms with Crippen molar-refractivity contribution >= 4 is 5.91 Å². The minimum absolute atomic E-state index is 0.158. The second kappa shape index (κ2) is 4.38. The summed E-state index contributed by atoms with van der Waals surface area (Å²) in [6.45, 7) is 1.52. The van der Waals surface area contributed by atoms with Crippen LogP contribution in [-0.2, 0) is 0 Å². The summed E-state index contributed by atoms with van der Waals surface area (Å²) in [5.41, 5.74) is 0.205. The number of hydrogen-bond donors (Lipinski definition) is 0. The molecule has 0 atom stereocenters. The first-order valence-electron chi connectivity index (χ1n) is 5.19. The number of pyridine rings is 1. The molecule has 2 rings (SSSR count). The average Bonchev–Trinajstić information content (AvgIpc) is 2.29. The maximum Gasteiger partial charge on any atom is 0.272 e. The van der Waals surface area contributed by atoms with E-state index in [0.717, 1.165) is 25.9 Å². The largest absolute Gasteiger partial charge is 0.337 e. The van der Waals surface area contributed by atoms with Gasteiger partial charge in [-0.15, -0.1) is 0 Å². The summed E-state index contributed by atoms with van der Waals surface area (Å²) < 4.78 is 12.8. The quantitative estimate of drug-likeness (QED) is 0.660. The Bertz CT molecular complexity index is 361. The summed E-state index contributed by atoms with van der Waals surface area (Å²) in [4.78, 5) is 17.2. The fourth-order valence-corrected chi connectivity index (χ4v) is 1.79. The summed E-state index contributed by atoms with van der Waals surface area (Å²) in [5, 5.41) is 0. The Balaban J connectivity index is 2.12. The highest BCUT2D eigenvalue weighted by atomic mass is 19.1. The van der Waals surface area contributed by atoms with Gasteiger partial charge in [0, 0.05) is 13.1 Å². The fraction of sp³-hybridized carbons (Fsp3) is 0.455. The van der Waals surface area contributed by atoms with Gasteiger partial charge in [-0.25, -0.2) is 4.98 Å². The number of carbonyl (C=O) groups excluding carboxylic acids is 1. The summed E-state index contributed by atoms with van der Waals surface area (Å²) in [6.07, 6.45) is 3.22. The van der Waals surface area contributed by atoms with Gasteiger partial charge in [0.05, 0.1) is 0 Å². The number of hydrogen-bond acceptors (Lipinski definition) is 2. The van der Waals surface area contributed by atoms with Crippen molar-refractivity contribution in [3.05, 3.63) is 29.8 Å². The van der Waals surface area contributed by atoms with E-state index in [9.17, 15) is 9.18 Å². The first-order chi connectivity index (χ1) is 7.27. The lowest BCUT2D eigenvalue weighted by Crippen LogP contribution is -2.36. The van der Waals surface area contributed by atoms with Crippen LogP contribution in [0.25, 0.3) is 0 Å². The lowest BCUT2D eigenvalue weighted by atomic mass is 10.1. The van der Waals surface area contributed by atoms with E-state index >= 15 is 0 Å². The highest BCUT2D eigenvalue weighted by molar-refractivity contribution is 5.92. The van der Waals surface area contributed by atoms with Crippen molar-refractivity contribution < 1.29 is 9.18 Å². The van der Waals surface area contributed by atoms with Crippen LogP contribution in [0.3, 0.4) is 0 Å². The maximum atomic E-state index is 12.8. The summed E-state index contributed by atoms with van der Waals surface area (Å²) in [6, 6.07) is 4.31. The molecule has 0 radical (unpaired) electrons. The van der Waals surface area contributed by atoms with Crippen LogP contribution >= 0.6 is 0 Å².